The first-order valence-corrected chi connectivity index (χ1v) is 11.1. The van der Waals surface area contributed by atoms with Crippen LogP contribution in [0.25, 0.3) is 11.0 Å². The van der Waals surface area contributed by atoms with E-state index in [4.69, 9.17) is 16.6 Å². The van der Waals surface area contributed by atoms with Gasteiger partial charge in [0.05, 0.1) is 17.6 Å². The topological polar surface area (TPSA) is 37.2 Å². The molecular formula is C25H26ClN5. The highest BCUT2D eigenvalue weighted by Gasteiger charge is 2.20. The molecule has 4 aromatic rings. The molecule has 5 rings (SSSR count). The number of hydrogen-bond donors (Lipinski definition) is 0. The minimum Gasteiger partial charge on any atom is -0.322 e. The van der Waals surface area contributed by atoms with Gasteiger partial charge in [-0.1, -0.05) is 41.9 Å². The predicted molar refractivity (Wildman–Crippen MR) is 125 cm³/mol. The molecule has 0 bridgehead atoms. The van der Waals surface area contributed by atoms with Crippen LogP contribution >= 0.6 is 11.6 Å². The minimum atomic E-state index is 0.730. The average Bonchev–Trinajstić information content (AvgIpc) is 3.12. The van der Waals surface area contributed by atoms with Gasteiger partial charge in [0.15, 0.2) is 0 Å². The number of fused-ring (bicyclic) bond motifs is 1. The Kier molecular flexibility index (Phi) is 5.98. The molecule has 31 heavy (non-hydrogen) atoms. The van der Waals surface area contributed by atoms with Crippen molar-refractivity contribution in [2.24, 2.45) is 0 Å². The third-order valence-electron chi connectivity index (χ3n) is 5.96. The Morgan fingerprint density at radius 3 is 2.16 bits per heavy atom. The van der Waals surface area contributed by atoms with Crippen LogP contribution in [0.4, 0.5) is 0 Å². The molecule has 0 unspecified atom stereocenters. The first-order chi connectivity index (χ1) is 15.2. The monoisotopic (exact) mass is 431 g/mol. The molecular weight excluding hydrogens is 406 g/mol. The van der Waals surface area contributed by atoms with Crippen molar-refractivity contribution in [2.75, 3.05) is 26.2 Å². The summed E-state index contributed by atoms with van der Waals surface area (Å²) < 4.78 is 2.34. The number of nitrogens with zero attached hydrogens (tertiary/aromatic N) is 5. The molecule has 2 aromatic heterocycles. The zero-order valence-electron chi connectivity index (χ0n) is 17.5. The number of halogens is 1. The first kappa shape index (κ1) is 20.2. The molecule has 1 saturated heterocycles. The Morgan fingerprint density at radius 2 is 1.42 bits per heavy atom. The highest BCUT2D eigenvalue weighted by atomic mass is 35.5. The number of pyridine rings is 1. The van der Waals surface area contributed by atoms with E-state index in [1.54, 1.807) is 0 Å². The van der Waals surface area contributed by atoms with Gasteiger partial charge in [0.2, 0.25) is 0 Å². The molecule has 3 heterocycles. The third-order valence-corrected chi connectivity index (χ3v) is 6.19. The second kappa shape index (κ2) is 9.18. The lowest BCUT2D eigenvalue weighted by Crippen LogP contribution is -2.45. The SMILES string of the molecule is Clc1ccc2c(c1)nc(CN1CCN(Cc3ccncc3)CC1)n2Cc1ccccc1. The van der Waals surface area contributed by atoms with Gasteiger partial charge < -0.3 is 4.57 Å². The number of benzene rings is 2. The molecule has 0 amide bonds. The summed E-state index contributed by atoms with van der Waals surface area (Å²) in [6.07, 6.45) is 3.74. The predicted octanol–water partition coefficient (Wildman–Crippen LogP) is 4.45. The summed E-state index contributed by atoms with van der Waals surface area (Å²) in [5.41, 5.74) is 4.71. The standard InChI is InChI=1S/C25H26ClN5/c26-22-6-7-24-23(16-22)28-25(31(24)18-20-4-2-1-3-5-20)19-30-14-12-29(13-15-30)17-21-8-10-27-11-9-21/h1-11,16H,12-15,17-19H2. The Bertz CT molecular complexity index is 1130. The van der Waals surface area contributed by atoms with Crippen molar-refractivity contribution in [3.8, 4) is 0 Å². The zero-order chi connectivity index (χ0) is 21.0. The van der Waals surface area contributed by atoms with E-state index < -0.39 is 0 Å². The van der Waals surface area contributed by atoms with Crippen LogP contribution in [0.3, 0.4) is 0 Å². The van der Waals surface area contributed by atoms with Crippen LogP contribution in [0, 0.1) is 0 Å². The summed E-state index contributed by atoms with van der Waals surface area (Å²) in [6.45, 7) is 6.86. The van der Waals surface area contributed by atoms with E-state index in [9.17, 15) is 0 Å². The van der Waals surface area contributed by atoms with Gasteiger partial charge in [-0.2, -0.15) is 0 Å². The van der Waals surface area contributed by atoms with E-state index in [2.05, 4.69) is 67.9 Å². The smallest absolute Gasteiger partial charge is 0.124 e. The third kappa shape index (κ3) is 4.79. The van der Waals surface area contributed by atoms with Crippen molar-refractivity contribution in [2.45, 2.75) is 19.6 Å². The van der Waals surface area contributed by atoms with Crippen LogP contribution in [0.1, 0.15) is 17.0 Å². The summed E-state index contributed by atoms with van der Waals surface area (Å²) in [5, 5.41) is 0.730. The number of aromatic nitrogens is 3. The molecule has 1 fully saturated rings. The Balaban J connectivity index is 1.31. The van der Waals surface area contributed by atoms with Gasteiger partial charge in [0.1, 0.15) is 5.82 Å². The lowest BCUT2D eigenvalue weighted by atomic mass is 10.2. The summed E-state index contributed by atoms with van der Waals surface area (Å²) in [4.78, 5) is 14.1. The highest BCUT2D eigenvalue weighted by Crippen LogP contribution is 2.23. The quantitative estimate of drug-likeness (QED) is 0.452. The minimum absolute atomic E-state index is 0.730. The lowest BCUT2D eigenvalue weighted by Gasteiger charge is -2.34. The Labute approximate surface area is 187 Å². The molecule has 6 heteroatoms. The molecule has 0 saturated carbocycles. The van der Waals surface area contributed by atoms with Crippen molar-refractivity contribution >= 4 is 22.6 Å². The van der Waals surface area contributed by atoms with Gasteiger partial charge in [-0.3, -0.25) is 14.8 Å². The van der Waals surface area contributed by atoms with Crippen molar-refractivity contribution in [1.82, 2.24) is 24.3 Å². The highest BCUT2D eigenvalue weighted by molar-refractivity contribution is 6.31. The van der Waals surface area contributed by atoms with Gasteiger partial charge in [0.25, 0.3) is 0 Å². The molecule has 158 valence electrons. The van der Waals surface area contributed by atoms with Gasteiger partial charge >= 0.3 is 0 Å². The Morgan fingerprint density at radius 1 is 0.742 bits per heavy atom. The maximum Gasteiger partial charge on any atom is 0.124 e. The van der Waals surface area contributed by atoms with E-state index in [0.717, 1.165) is 67.7 Å². The molecule has 1 aliphatic heterocycles. The maximum absolute atomic E-state index is 6.25. The normalized spacial score (nSPS) is 15.5. The zero-order valence-corrected chi connectivity index (χ0v) is 18.2. The Hall–Kier alpha value is -2.73. The molecule has 0 atom stereocenters. The fourth-order valence-corrected chi connectivity index (χ4v) is 4.43. The van der Waals surface area contributed by atoms with Crippen LogP contribution in [-0.2, 0) is 19.6 Å². The molecule has 0 spiro atoms. The molecule has 0 radical (unpaired) electrons. The van der Waals surface area contributed by atoms with E-state index in [1.165, 1.54) is 11.1 Å². The van der Waals surface area contributed by atoms with E-state index in [0.29, 0.717) is 0 Å². The fraction of sp³-hybridized carbons (Fsp3) is 0.280. The summed E-state index contributed by atoms with van der Waals surface area (Å²) >= 11 is 6.25. The van der Waals surface area contributed by atoms with Crippen LogP contribution in [0.5, 0.6) is 0 Å². The molecule has 5 nitrogen and oxygen atoms in total. The van der Waals surface area contributed by atoms with Crippen LogP contribution < -0.4 is 0 Å². The number of imidazole rings is 1. The largest absolute Gasteiger partial charge is 0.322 e. The maximum atomic E-state index is 6.25. The van der Waals surface area contributed by atoms with Gasteiger partial charge in [-0.25, -0.2) is 4.98 Å². The molecule has 1 aliphatic rings. The fourth-order valence-electron chi connectivity index (χ4n) is 4.27. The summed E-state index contributed by atoms with van der Waals surface area (Å²) in [6, 6.07) is 20.8. The molecule has 0 N–H and O–H groups in total. The summed E-state index contributed by atoms with van der Waals surface area (Å²) in [7, 11) is 0. The lowest BCUT2D eigenvalue weighted by molar-refractivity contribution is 0.119. The van der Waals surface area contributed by atoms with Gasteiger partial charge in [-0.15, -0.1) is 0 Å². The van der Waals surface area contributed by atoms with E-state index in [1.807, 2.05) is 24.5 Å². The van der Waals surface area contributed by atoms with Gasteiger partial charge in [0, 0.05) is 56.7 Å². The number of rotatable bonds is 6. The molecule has 0 aliphatic carbocycles. The van der Waals surface area contributed by atoms with Crippen LogP contribution in [0.15, 0.2) is 73.1 Å². The summed E-state index contributed by atoms with van der Waals surface area (Å²) in [5.74, 6) is 1.10. The van der Waals surface area contributed by atoms with E-state index >= 15 is 0 Å². The average molecular weight is 432 g/mol. The molecule has 2 aromatic carbocycles. The second-order valence-corrected chi connectivity index (χ2v) is 8.58. The second-order valence-electron chi connectivity index (χ2n) is 8.14. The number of piperazine rings is 1. The van der Waals surface area contributed by atoms with Gasteiger partial charge in [-0.05, 0) is 41.5 Å². The van der Waals surface area contributed by atoms with Crippen molar-refractivity contribution < 1.29 is 0 Å². The first-order valence-electron chi connectivity index (χ1n) is 10.8. The van der Waals surface area contributed by atoms with Crippen LogP contribution in [-0.4, -0.2) is 50.5 Å². The number of hydrogen-bond acceptors (Lipinski definition) is 4. The van der Waals surface area contributed by atoms with Crippen molar-refractivity contribution in [3.63, 3.8) is 0 Å². The van der Waals surface area contributed by atoms with E-state index in [-0.39, 0.29) is 0 Å². The van der Waals surface area contributed by atoms with Crippen molar-refractivity contribution in [1.29, 1.82) is 0 Å². The van der Waals surface area contributed by atoms with Crippen LogP contribution in [0.2, 0.25) is 5.02 Å². The van der Waals surface area contributed by atoms with Crippen molar-refractivity contribution in [3.05, 3.63) is 95.0 Å².